The molecule has 2 saturated heterocycles. The number of oxazole rings is 1. The van der Waals surface area contributed by atoms with Crippen LogP contribution in [0.1, 0.15) is 37.8 Å². The van der Waals surface area contributed by atoms with Crippen molar-refractivity contribution in [1.29, 1.82) is 0 Å². The van der Waals surface area contributed by atoms with Crippen molar-refractivity contribution in [3.63, 3.8) is 0 Å². The topological polar surface area (TPSA) is 81.9 Å². The molecule has 2 aliphatic heterocycles. The van der Waals surface area contributed by atoms with E-state index in [0.717, 1.165) is 32.4 Å². The summed E-state index contributed by atoms with van der Waals surface area (Å²) in [6.07, 6.45) is 5.78. The summed E-state index contributed by atoms with van der Waals surface area (Å²) in [7, 11) is 0. The Morgan fingerprint density at radius 2 is 1.68 bits per heavy atom. The zero-order valence-corrected chi connectivity index (χ0v) is 14.9. The van der Waals surface area contributed by atoms with Crippen molar-refractivity contribution in [2.24, 2.45) is 0 Å². The second-order valence-electron chi connectivity index (χ2n) is 6.54. The van der Waals surface area contributed by atoms with Gasteiger partial charge in [0.05, 0.1) is 12.7 Å². The molecule has 8 nitrogen and oxygen atoms in total. The van der Waals surface area contributed by atoms with Crippen molar-refractivity contribution in [2.45, 2.75) is 39.2 Å². The summed E-state index contributed by atoms with van der Waals surface area (Å²) >= 11 is 0. The highest BCUT2D eigenvalue weighted by atomic mass is 16.4. The molecule has 2 aliphatic rings. The molecule has 2 fully saturated rings. The van der Waals surface area contributed by atoms with Gasteiger partial charge in [-0.3, -0.25) is 0 Å². The van der Waals surface area contributed by atoms with Gasteiger partial charge >= 0.3 is 12.1 Å². The third-order valence-corrected chi connectivity index (χ3v) is 4.78. The molecule has 25 heavy (non-hydrogen) atoms. The van der Waals surface area contributed by atoms with E-state index in [0.29, 0.717) is 44.4 Å². The number of hydrogen-bond donors (Lipinski definition) is 1. The largest absolute Gasteiger partial charge is 0.444 e. The lowest BCUT2D eigenvalue weighted by atomic mass is 10.1. The number of urea groups is 2. The maximum absolute atomic E-state index is 12.5. The fourth-order valence-corrected chi connectivity index (χ4v) is 3.25. The number of likely N-dealkylation sites (tertiary alicyclic amines) is 1. The second-order valence-corrected chi connectivity index (χ2v) is 6.54. The SMILES string of the molecule is CCc1ncc(CNC(=O)N2CCN(C(=O)N3CCCCC3)CC2)o1. The van der Waals surface area contributed by atoms with Gasteiger partial charge in [-0.1, -0.05) is 6.92 Å². The number of carbonyl (C=O) groups excluding carboxylic acids is 2. The first kappa shape index (κ1) is 17.6. The first-order valence-electron chi connectivity index (χ1n) is 9.17. The summed E-state index contributed by atoms with van der Waals surface area (Å²) in [4.78, 5) is 34.4. The standard InChI is InChI=1S/C17H27N5O3/c1-2-15-18-12-14(25-15)13-19-16(23)20-8-10-22(11-9-20)17(24)21-6-4-3-5-7-21/h12H,2-11,13H2,1H3,(H,19,23). The molecule has 0 radical (unpaired) electrons. The van der Waals surface area contributed by atoms with Crippen LogP contribution in [0.3, 0.4) is 0 Å². The number of piperidine rings is 1. The normalized spacial score (nSPS) is 18.4. The van der Waals surface area contributed by atoms with Gasteiger partial charge in [0.15, 0.2) is 5.89 Å². The van der Waals surface area contributed by atoms with E-state index in [4.69, 9.17) is 4.42 Å². The molecular weight excluding hydrogens is 322 g/mol. The van der Waals surface area contributed by atoms with Crippen LogP contribution in [0, 0.1) is 0 Å². The van der Waals surface area contributed by atoms with Gasteiger partial charge in [0.2, 0.25) is 0 Å². The molecule has 1 aromatic heterocycles. The summed E-state index contributed by atoms with van der Waals surface area (Å²) in [6.45, 7) is 6.31. The van der Waals surface area contributed by atoms with Crippen LogP contribution in [0.15, 0.2) is 10.6 Å². The lowest BCUT2D eigenvalue weighted by Crippen LogP contribution is -2.56. The van der Waals surface area contributed by atoms with Crippen LogP contribution < -0.4 is 5.32 Å². The molecule has 138 valence electrons. The molecule has 1 aromatic rings. The molecule has 0 saturated carbocycles. The van der Waals surface area contributed by atoms with Gasteiger partial charge in [-0.25, -0.2) is 14.6 Å². The minimum Gasteiger partial charge on any atom is -0.444 e. The molecule has 8 heteroatoms. The Morgan fingerprint density at radius 1 is 1.04 bits per heavy atom. The third-order valence-electron chi connectivity index (χ3n) is 4.78. The third kappa shape index (κ3) is 4.43. The number of nitrogens with zero attached hydrogens (tertiary/aromatic N) is 4. The zero-order valence-electron chi connectivity index (χ0n) is 14.9. The van der Waals surface area contributed by atoms with E-state index in [9.17, 15) is 9.59 Å². The quantitative estimate of drug-likeness (QED) is 0.900. The molecule has 3 heterocycles. The van der Waals surface area contributed by atoms with Gasteiger partial charge in [-0.15, -0.1) is 0 Å². The molecule has 0 bridgehead atoms. The molecule has 0 aliphatic carbocycles. The second kappa shape index (κ2) is 8.22. The smallest absolute Gasteiger partial charge is 0.320 e. The lowest BCUT2D eigenvalue weighted by molar-refractivity contribution is 0.113. The number of rotatable bonds is 3. The molecule has 3 rings (SSSR count). The summed E-state index contributed by atoms with van der Waals surface area (Å²) in [5.74, 6) is 1.33. The van der Waals surface area contributed by atoms with E-state index in [1.165, 1.54) is 6.42 Å². The van der Waals surface area contributed by atoms with Crippen LogP contribution >= 0.6 is 0 Å². The predicted octanol–water partition coefficient (Wildman–Crippen LogP) is 1.67. The summed E-state index contributed by atoms with van der Waals surface area (Å²) in [5, 5.41) is 2.85. The first-order valence-corrected chi connectivity index (χ1v) is 9.17. The first-order chi connectivity index (χ1) is 12.2. The van der Waals surface area contributed by atoms with E-state index < -0.39 is 0 Å². The lowest BCUT2D eigenvalue weighted by Gasteiger charge is -2.38. The van der Waals surface area contributed by atoms with Gasteiger partial charge in [-0.2, -0.15) is 0 Å². The van der Waals surface area contributed by atoms with Crippen molar-refractivity contribution in [3.05, 3.63) is 17.8 Å². The Balaban J connectivity index is 1.41. The molecule has 0 unspecified atom stereocenters. The number of hydrogen-bond acceptors (Lipinski definition) is 4. The minimum absolute atomic E-state index is 0.119. The van der Waals surface area contributed by atoms with E-state index >= 15 is 0 Å². The van der Waals surface area contributed by atoms with Crippen molar-refractivity contribution in [1.82, 2.24) is 25.0 Å². The minimum atomic E-state index is -0.125. The number of aromatic nitrogens is 1. The van der Waals surface area contributed by atoms with Crippen LogP contribution in [0.5, 0.6) is 0 Å². The van der Waals surface area contributed by atoms with Crippen LogP contribution in [0.2, 0.25) is 0 Å². The average Bonchev–Trinajstić information content (AvgIpc) is 3.14. The highest BCUT2D eigenvalue weighted by Gasteiger charge is 2.27. The summed E-state index contributed by atoms with van der Waals surface area (Å²) < 4.78 is 5.48. The highest BCUT2D eigenvalue weighted by Crippen LogP contribution is 2.13. The van der Waals surface area contributed by atoms with Gasteiger partial charge < -0.3 is 24.4 Å². The number of nitrogens with one attached hydrogen (secondary N) is 1. The number of aryl methyl sites for hydroxylation is 1. The number of piperazine rings is 1. The van der Waals surface area contributed by atoms with Gasteiger partial charge in [0.1, 0.15) is 5.76 Å². The van der Waals surface area contributed by atoms with Crippen LogP contribution in [0.4, 0.5) is 9.59 Å². The van der Waals surface area contributed by atoms with Crippen LogP contribution in [-0.4, -0.2) is 71.0 Å². The molecule has 0 atom stereocenters. The van der Waals surface area contributed by atoms with E-state index in [2.05, 4.69) is 10.3 Å². The summed E-state index contributed by atoms with van der Waals surface area (Å²) in [5.41, 5.74) is 0. The highest BCUT2D eigenvalue weighted by molar-refractivity contribution is 5.76. The summed E-state index contributed by atoms with van der Waals surface area (Å²) in [6, 6.07) is -0.00645. The van der Waals surface area contributed by atoms with Gasteiger partial charge in [-0.05, 0) is 19.3 Å². The molecule has 0 spiro atoms. The molecular formula is C17H27N5O3. The van der Waals surface area contributed by atoms with Crippen molar-refractivity contribution in [3.8, 4) is 0 Å². The van der Waals surface area contributed by atoms with Gasteiger partial charge in [0, 0.05) is 45.7 Å². The Bertz CT molecular complexity index is 589. The molecule has 0 aromatic carbocycles. The molecule has 1 N–H and O–H groups in total. The fraction of sp³-hybridized carbons (Fsp3) is 0.706. The maximum Gasteiger partial charge on any atom is 0.320 e. The van der Waals surface area contributed by atoms with Crippen LogP contribution in [0.25, 0.3) is 0 Å². The van der Waals surface area contributed by atoms with Crippen LogP contribution in [-0.2, 0) is 13.0 Å². The van der Waals surface area contributed by atoms with Crippen molar-refractivity contribution in [2.75, 3.05) is 39.3 Å². The van der Waals surface area contributed by atoms with E-state index in [1.54, 1.807) is 11.1 Å². The molecule has 4 amide bonds. The Labute approximate surface area is 148 Å². The predicted molar refractivity (Wildman–Crippen MR) is 92.1 cm³/mol. The Morgan fingerprint density at radius 3 is 2.32 bits per heavy atom. The van der Waals surface area contributed by atoms with Crippen molar-refractivity contribution >= 4 is 12.1 Å². The van der Waals surface area contributed by atoms with Gasteiger partial charge in [0.25, 0.3) is 0 Å². The maximum atomic E-state index is 12.5. The zero-order chi connectivity index (χ0) is 17.6. The Kier molecular flexibility index (Phi) is 5.78. The number of carbonyl (C=O) groups is 2. The van der Waals surface area contributed by atoms with E-state index in [-0.39, 0.29) is 12.1 Å². The van der Waals surface area contributed by atoms with E-state index in [1.807, 2.05) is 16.7 Å². The monoisotopic (exact) mass is 349 g/mol. The fourth-order valence-electron chi connectivity index (χ4n) is 3.25. The average molecular weight is 349 g/mol. The Hall–Kier alpha value is -2.25. The number of amides is 4. The van der Waals surface area contributed by atoms with Crippen molar-refractivity contribution < 1.29 is 14.0 Å².